The number of nitrogens with one attached hydrogen (secondary N) is 4. The summed E-state index contributed by atoms with van der Waals surface area (Å²) in [6.45, 7) is 2.16. The van der Waals surface area contributed by atoms with Crippen molar-refractivity contribution in [1.29, 1.82) is 0 Å². The summed E-state index contributed by atoms with van der Waals surface area (Å²) >= 11 is 0. The maximum atomic E-state index is 13.7. The Morgan fingerprint density at radius 1 is 0.926 bits per heavy atom. The van der Waals surface area contributed by atoms with Crippen molar-refractivity contribution in [2.75, 3.05) is 31.5 Å². The zero-order valence-electron chi connectivity index (χ0n) is 30.2. The molecule has 2 aliphatic rings. The van der Waals surface area contributed by atoms with Crippen LogP contribution >= 0.6 is 0 Å². The predicted octanol–water partition coefficient (Wildman–Crippen LogP) is 5.03. The van der Waals surface area contributed by atoms with E-state index in [1.54, 1.807) is 30.3 Å². The van der Waals surface area contributed by atoms with Crippen molar-refractivity contribution in [2.45, 2.75) is 70.1 Å². The maximum Gasteiger partial charge on any atom is 0.401 e. The lowest BCUT2D eigenvalue weighted by atomic mass is 9.81. The number of halogens is 3. The average Bonchev–Trinajstić information content (AvgIpc) is 3.71. The van der Waals surface area contributed by atoms with Crippen LogP contribution in [-0.4, -0.2) is 87.7 Å². The standard InChI is InChI=1S/C39H46F3N9O3/c1-24-20-30(37(53)44-32-16-18-51(19-17-32)23-39(40,41)42)12-15-33(24)27-6-2-25(3-7-27)21-34(46-36(52)29-8-4-26(22-43)5-9-29)38(54)45-31-13-10-28(11-14-31)35-47-49-50-48-35/h2-3,6-7,10-15,20,26,29,32,34H,4-5,8-9,16-19,21-23,43H2,1H3,(H,44,53)(H,45,54)(H,46,52)(H,47,48,49,50). The molecule has 3 amide bonds. The maximum absolute atomic E-state index is 13.7. The SMILES string of the molecule is Cc1cc(C(=O)NC2CCN(CC(F)(F)F)CC2)ccc1-c1ccc(CC(NC(=O)C2CCC(CN)CC2)C(=O)Nc2ccc(-c3nn[nH]n3)cc2)cc1. The summed E-state index contributed by atoms with van der Waals surface area (Å²) in [4.78, 5) is 41.5. The number of likely N-dealkylation sites (tertiary alicyclic amines) is 1. The molecule has 2 fully saturated rings. The number of carbonyl (C=O) groups is 3. The van der Waals surface area contributed by atoms with E-state index in [0.717, 1.165) is 53.5 Å². The van der Waals surface area contributed by atoms with Gasteiger partial charge in [0.1, 0.15) is 6.04 Å². The molecule has 0 radical (unpaired) electrons. The molecule has 12 nitrogen and oxygen atoms in total. The third-order valence-electron chi connectivity index (χ3n) is 10.5. The molecule has 1 aromatic heterocycles. The van der Waals surface area contributed by atoms with Crippen LogP contribution in [0.2, 0.25) is 0 Å². The first-order valence-corrected chi connectivity index (χ1v) is 18.4. The molecule has 286 valence electrons. The summed E-state index contributed by atoms with van der Waals surface area (Å²) in [7, 11) is 0. The van der Waals surface area contributed by atoms with Crippen molar-refractivity contribution < 1.29 is 27.6 Å². The first kappa shape index (κ1) is 38.6. The molecule has 15 heteroatoms. The van der Waals surface area contributed by atoms with Gasteiger partial charge in [-0.25, -0.2) is 0 Å². The smallest absolute Gasteiger partial charge is 0.349 e. The Bertz CT molecular complexity index is 1870. The molecular weight excluding hydrogens is 699 g/mol. The topological polar surface area (TPSA) is 171 Å². The number of benzene rings is 3. The van der Waals surface area contributed by atoms with Crippen LogP contribution in [-0.2, 0) is 16.0 Å². The monoisotopic (exact) mass is 745 g/mol. The van der Waals surface area contributed by atoms with Gasteiger partial charge in [0, 0.05) is 48.3 Å². The van der Waals surface area contributed by atoms with Gasteiger partial charge in [0.05, 0.1) is 6.54 Å². The summed E-state index contributed by atoms with van der Waals surface area (Å²) in [5.74, 6) is -0.0557. The summed E-state index contributed by atoms with van der Waals surface area (Å²) in [6.07, 6.45) is 0.202. The Kier molecular flexibility index (Phi) is 12.4. The third kappa shape index (κ3) is 10.3. The van der Waals surface area contributed by atoms with Crippen molar-refractivity contribution in [3.63, 3.8) is 0 Å². The van der Waals surface area contributed by atoms with Gasteiger partial charge in [0.2, 0.25) is 17.6 Å². The van der Waals surface area contributed by atoms with Gasteiger partial charge in [-0.2, -0.15) is 18.4 Å². The highest BCUT2D eigenvalue weighted by Crippen LogP contribution is 2.29. The van der Waals surface area contributed by atoms with E-state index in [4.69, 9.17) is 5.73 Å². The lowest BCUT2D eigenvalue weighted by molar-refractivity contribution is -0.148. The summed E-state index contributed by atoms with van der Waals surface area (Å²) in [6, 6.07) is 19.2. The zero-order valence-corrected chi connectivity index (χ0v) is 30.2. The fourth-order valence-corrected chi connectivity index (χ4v) is 7.32. The molecule has 1 atom stereocenters. The summed E-state index contributed by atoms with van der Waals surface area (Å²) in [5.41, 5.74) is 11.2. The number of aromatic amines is 1. The minimum atomic E-state index is -4.23. The first-order valence-electron chi connectivity index (χ1n) is 18.4. The van der Waals surface area contributed by atoms with E-state index in [9.17, 15) is 27.6 Å². The van der Waals surface area contributed by atoms with Crippen LogP contribution < -0.4 is 21.7 Å². The van der Waals surface area contributed by atoms with Gasteiger partial charge in [-0.1, -0.05) is 30.3 Å². The first-order chi connectivity index (χ1) is 25.9. The average molecular weight is 746 g/mol. The van der Waals surface area contributed by atoms with Crippen LogP contribution in [0.15, 0.2) is 66.7 Å². The van der Waals surface area contributed by atoms with Gasteiger partial charge >= 0.3 is 6.18 Å². The molecule has 2 heterocycles. The summed E-state index contributed by atoms with van der Waals surface area (Å²) in [5, 5.41) is 22.9. The molecule has 54 heavy (non-hydrogen) atoms. The van der Waals surface area contributed by atoms with E-state index >= 15 is 0 Å². The number of nitrogens with two attached hydrogens (primary N) is 1. The van der Waals surface area contributed by atoms with E-state index in [2.05, 4.69) is 36.6 Å². The Morgan fingerprint density at radius 2 is 1.61 bits per heavy atom. The van der Waals surface area contributed by atoms with Gasteiger partial charge in [-0.05, 0) is 122 Å². The van der Waals surface area contributed by atoms with Crippen LogP contribution in [0.4, 0.5) is 18.9 Å². The second kappa shape index (κ2) is 17.3. The number of hydrogen-bond donors (Lipinski definition) is 5. The Morgan fingerprint density at radius 3 is 2.22 bits per heavy atom. The van der Waals surface area contributed by atoms with Gasteiger partial charge in [-0.15, -0.1) is 10.2 Å². The molecule has 4 aromatic rings. The highest BCUT2D eigenvalue weighted by molar-refractivity contribution is 5.98. The molecule has 0 bridgehead atoms. The zero-order chi connectivity index (χ0) is 38.2. The number of amides is 3. The number of aryl methyl sites for hydroxylation is 1. The van der Waals surface area contributed by atoms with Crippen LogP contribution in [0, 0.1) is 18.8 Å². The number of anilines is 1. The van der Waals surface area contributed by atoms with Crippen molar-refractivity contribution in [3.05, 3.63) is 83.4 Å². The number of rotatable bonds is 12. The van der Waals surface area contributed by atoms with Crippen molar-refractivity contribution in [1.82, 2.24) is 36.2 Å². The summed E-state index contributed by atoms with van der Waals surface area (Å²) < 4.78 is 38.2. The number of nitrogens with zero attached hydrogens (tertiary/aromatic N) is 4. The third-order valence-corrected chi connectivity index (χ3v) is 10.5. The molecule has 1 saturated carbocycles. The molecule has 0 spiro atoms. The minimum absolute atomic E-state index is 0.138. The Hall–Kier alpha value is -5.15. The van der Waals surface area contributed by atoms with E-state index in [1.807, 2.05) is 43.3 Å². The van der Waals surface area contributed by atoms with Gasteiger partial charge in [0.25, 0.3) is 5.91 Å². The van der Waals surface area contributed by atoms with Crippen molar-refractivity contribution in [3.8, 4) is 22.5 Å². The highest BCUT2D eigenvalue weighted by Gasteiger charge is 2.33. The number of hydrogen-bond acceptors (Lipinski definition) is 8. The number of tetrazole rings is 1. The second-order valence-corrected chi connectivity index (χ2v) is 14.4. The van der Waals surface area contributed by atoms with Gasteiger partial charge < -0.3 is 21.7 Å². The van der Waals surface area contributed by atoms with Gasteiger partial charge in [0.15, 0.2) is 0 Å². The molecule has 6 rings (SSSR count). The van der Waals surface area contributed by atoms with Crippen molar-refractivity contribution >= 4 is 23.4 Å². The molecular formula is C39H46F3N9O3. The molecule has 1 saturated heterocycles. The lowest BCUT2D eigenvalue weighted by Crippen LogP contribution is -2.48. The van der Waals surface area contributed by atoms with Crippen LogP contribution in [0.25, 0.3) is 22.5 Å². The molecule has 1 aliphatic carbocycles. The van der Waals surface area contributed by atoms with Gasteiger partial charge in [-0.3, -0.25) is 19.3 Å². The van der Waals surface area contributed by atoms with Crippen LogP contribution in [0.5, 0.6) is 0 Å². The molecule has 1 unspecified atom stereocenters. The molecule has 3 aromatic carbocycles. The number of carbonyl (C=O) groups excluding carboxylic acids is 3. The van der Waals surface area contributed by atoms with Crippen molar-refractivity contribution in [2.24, 2.45) is 17.6 Å². The highest BCUT2D eigenvalue weighted by atomic mass is 19.4. The van der Waals surface area contributed by atoms with Crippen LogP contribution in [0.3, 0.4) is 0 Å². The van der Waals surface area contributed by atoms with E-state index < -0.39 is 18.8 Å². The van der Waals surface area contributed by atoms with E-state index in [1.165, 1.54) is 4.90 Å². The van der Waals surface area contributed by atoms with Crippen LogP contribution in [0.1, 0.15) is 60.0 Å². The predicted molar refractivity (Wildman–Crippen MR) is 198 cm³/mol. The fourth-order valence-electron chi connectivity index (χ4n) is 7.32. The molecule has 6 N–H and O–H groups in total. The Balaban J connectivity index is 1.09. The molecule has 1 aliphatic heterocycles. The number of H-pyrrole nitrogens is 1. The Labute approximate surface area is 311 Å². The normalized spacial score (nSPS) is 18.8. The van der Waals surface area contributed by atoms with E-state index in [0.29, 0.717) is 42.4 Å². The lowest BCUT2D eigenvalue weighted by Gasteiger charge is -2.32. The number of piperidine rings is 1. The number of alkyl halides is 3. The fraction of sp³-hybridized carbons (Fsp3) is 0.436. The minimum Gasteiger partial charge on any atom is -0.349 e. The quantitative estimate of drug-likeness (QED) is 0.135. The largest absolute Gasteiger partial charge is 0.401 e. The second-order valence-electron chi connectivity index (χ2n) is 14.4. The number of aromatic nitrogens is 4. The van der Waals surface area contributed by atoms with E-state index in [-0.39, 0.29) is 49.2 Å².